The summed E-state index contributed by atoms with van der Waals surface area (Å²) in [4.78, 5) is 23.1. The number of unbranched alkanes of at least 4 members (excludes halogenated alkanes) is 11. The van der Waals surface area contributed by atoms with Crippen LogP contribution in [0.3, 0.4) is 0 Å². The van der Waals surface area contributed by atoms with E-state index in [4.69, 9.17) is 9.84 Å². The van der Waals surface area contributed by atoms with Gasteiger partial charge < -0.3 is 9.84 Å². The molecule has 32 heavy (non-hydrogen) atoms. The zero-order valence-corrected chi connectivity index (χ0v) is 22.0. The van der Waals surface area contributed by atoms with Crippen LogP contribution in [0.1, 0.15) is 144 Å². The third-order valence-corrected chi connectivity index (χ3v) is 6.24. The Balaban J connectivity index is 4.36. The Morgan fingerprint density at radius 1 is 0.688 bits per heavy atom. The molecule has 0 rings (SSSR count). The monoisotopic (exact) mass is 454 g/mol. The minimum Gasteiger partial charge on any atom is -0.481 e. The van der Waals surface area contributed by atoms with Gasteiger partial charge in [0.25, 0.3) is 0 Å². The Kier molecular flexibility index (Phi) is 19.9. The quantitative estimate of drug-likeness (QED) is 0.131. The first kappa shape index (κ1) is 30.9. The zero-order valence-electron chi connectivity index (χ0n) is 22.0. The van der Waals surface area contributed by atoms with Gasteiger partial charge in [-0.3, -0.25) is 9.59 Å². The van der Waals surface area contributed by atoms with Gasteiger partial charge in [-0.05, 0) is 43.4 Å². The third-order valence-electron chi connectivity index (χ3n) is 6.24. The second-order valence-corrected chi connectivity index (χ2v) is 10.6. The molecule has 190 valence electrons. The molecule has 0 aliphatic rings. The SMILES string of the molecule is CCCCCCCCCCCCCCC(OC(=O)CCC(=O)O)C(CC(C)C)CC(C)C. The first-order valence-electron chi connectivity index (χ1n) is 13.7. The van der Waals surface area contributed by atoms with E-state index in [0.717, 1.165) is 25.7 Å². The van der Waals surface area contributed by atoms with Crippen molar-refractivity contribution >= 4 is 11.9 Å². The number of carbonyl (C=O) groups is 2. The van der Waals surface area contributed by atoms with Crippen LogP contribution < -0.4 is 0 Å². The number of esters is 1. The number of carboxylic acid groups (broad SMARTS) is 1. The van der Waals surface area contributed by atoms with E-state index in [1.807, 2.05) is 0 Å². The number of hydrogen-bond donors (Lipinski definition) is 1. The summed E-state index contributed by atoms with van der Waals surface area (Å²) in [6.07, 6.45) is 18.5. The number of hydrogen-bond acceptors (Lipinski definition) is 3. The molecule has 0 spiro atoms. The van der Waals surface area contributed by atoms with E-state index in [0.29, 0.717) is 17.8 Å². The minimum atomic E-state index is -0.944. The number of ether oxygens (including phenoxy) is 1. The van der Waals surface area contributed by atoms with Gasteiger partial charge in [0, 0.05) is 0 Å². The van der Waals surface area contributed by atoms with Gasteiger partial charge >= 0.3 is 11.9 Å². The second-order valence-electron chi connectivity index (χ2n) is 10.6. The van der Waals surface area contributed by atoms with Crippen LogP contribution in [0.2, 0.25) is 0 Å². The Morgan fingerprint density at radius 2 is 1.12 bits per heavy atom. The van der Waals surface area contributed by atoms with E-state index in [1.165, 1.54) is 70.6 Å². The summed E-state index contributed by atoms with van der Waals surface area (Å²) in [5.41, 5.74) is 0. The van der Waals surface area contributed by atoms with Gasteiger partial charge in [0.1, 0.15) is 6.10 Å². The number of aliphatic carboxylic acids is 1. The molecule has 0 amide bonds. The van der Waals surface area contributed by atoms with E-state index >= 15 is 0 Å². The van der Waals surface area contributed by atoms with E-state index in [9.17, 15) is 9.59 Å². The van der Waals surface area contributed by atoms with Crippen molar-refractivity contribution in [3.8, 4) is 0 Å². The molecule has 0 saturated heterocycles. The number of rotatable bonds is 22. The van der Waals surface area contributed by atoms with Crippen molar-refractivity contribution in [1.29, 1.82) is 0 Å². The predicted octanol–water partition coefficient (Wildman–Crippen LogP) is 8.56. The van der Waals surface area contributed by atoms with Crippen molar-refractivity contribution in [2.24, 2.45) is 17.8 Å². The molecule has 0 bridgehead atoms. The Hall–Kier alpha value is -1.06. The topological polar surface area (TPSA) is 63.6 Å². The van der Waals surface area contributed by atoms with Crippen LogP contribution in [0.5, 0.6) is 0 Å². The minimum absolute atomic E-state index is 0.0274. The predicted molar refractivity (Wildman–Crippen MR) is 135 cm³/mol. The van der Waals surface area contributed by atoms with Crippen LogP contribution in [0.25, 0.3) is 0 Å². The molecule has 0 saturated carbocycles. The molecular weight excluding hydrogens is 400 g/mol. The lowest BCUT2D eigenvalue weighted by Gasteiger charge is -2.30. The second kappa shape index (κ2) is 20.5. The van der Waals surface area contributed by atoms with Gasteiger partial charge in [-0.1, -0.05) is 105 Å². The first-order valence-corrected chi connectivity index (χ1v) is 13.7. The zero-order chi connectivity index (χ0) is 24.2. The lowest BCUT2D eigenvalue weighted by Crippen LogP contribution is -2.29. The molecule has 4 nitrogen and oxygen atoms in total. The lowest BCUT2D eigenvalue weighted by molar-refractivity contribution is -0.155. The first-order chi connectivity index (χ1) is 15.3. The van der Waals surface area contributed by atoms with Crippen molar-refractivity contribution < 1.29 is 19.4 Å². The Bertz CT molecular complexity index is 448. The Labute approximate surface area is 199 Å². The normalized spacial score (nSPS) is 12.6. The summed E-state index contributed by atoms with van der Waals surface area (Å²) in [5, 5.41) is 8.86. The van der Waals surface area contributed by atoms with Crippen molar-refractivity contribution in [2.45, 2.75) is 150 Å². The largest absolute Gasteiger partial charge is 0.481 e. The molecule has 0 aliphatic carbocycles. The maximum atomic E-state index is 12.3. The number of carboxylic acids is 1. The standard InChI is InChI=1S/C28H54O4/c1-6-7-8-9-10-11-12-13-14-15-16-17-18-26(32-28(31)20-19-27(29)30)25(21-23(2)3)22-24(4)5/h23-26H,6-22H2,1-5H3,(H,29,30). The molecule has 0 aromatic carbocycles. The van der Waals surface area contributed by atoms with Crippen LogP contribution in [0.15, 0.2) is 0 Å². The summed E-state index contributed by atoms with van der Waals surface area (Å²) in [6.45, 7) is 11.2. The van der Waals surface area contributed by atoms with Gasteiger partial charge in [0.15, 0.2) is 0 Å². The van der Waals surface area contributed by atoms with Gasteiger partial charge in [-0.25, -0.2) is 0 Å². The van der Waals surface area contributed by atoms with E-state index in [1.54, 1.807) is 0 Å². The Morgan fingerprint density at radius 3 is 1.53 bits per heavy atom. The van der Waals surface area contributed by atoms with E-state index < -0.39 is 5.97 Å². The molecule has 0 aromatic rings. The molecule has 1 unspecified atom stereocenters. The van der Waals surface area contributed by atoms with Crippen LogP contribution >= 0.6 is 0 Å². The van der Waals surface area contributed by atoms with E-state index in [-0.39, 0.29) is 24.9 Å². The van der Waals surface area contributed by atoms with Crippen molar-refractivity contribution in [3.05, 3.63) is 0 Å². The highest BCUT2D eigenvalue weighted by Crippen LogP contribution is 2.29. The average Bonchev–Trinajstić information content (AvgIpc) is 2.71. The fourth-order valence-corrected chi connectivity index (χ4v) is 4.62. The summed E-state index contributed by atoms with van der Waals surface area (Å²) < 4.78 is 5.86. The average molecular weight is 455 g/mol. The highest BCUT2D eigenvalue weighted by atomic mass is 16.5. The molecule has 1 N–H and O–H groups in total. The number of carbonyl (C=O) groups excluding carboxylic acids is 1. The molecule has 4 heteroatoms. The lowest BCUT2D eigenvalue weighted by atomic mass is 9.83. The molecule has 0 fully saturated rings. The van der Waals surface area contributed by atoms with Crippen LogP contribution in [0.4, 0.5) is 0 Å². The van der Waals surface area contributed by atoms with Gasteiger partial charge in [0.05, 0.1) is 12.8 Å². The summed E-state index contributed by atoms with van der Waals surface area (Å²) in [7, 11) is 0. The maximum Gasteiger partial charge on any atom is 0.306 e. The van der Waals surface area contributed by atoms with Crippen LogP contribution in [-0.4, -0.2) is 23.1 Å². The smallest absolute Gasteiger partial charge is 0.306 e. The van der Waals surface area contributed by atoms with Crippen LogP contribution in [0, 0.1) is 17.8 Å². The highest BCUT2D eigenvalue weighted by molar-refractivity contribution is 5.76. The summed E-state index contributed by atoms with van der Waals surface area (Å²) in [5.74, 6) is 0.174. The molecule has 0 aliphatic heterocycles. The fraction of sp³-hybridized carbons (Fsp3) is 0.929. The van der Waals surface area contributed by atoms with Crippen LogP contribution in [-0.2, 0) is 14.3 Å². The molecular formula is C28H54O4. The third kappa shape index (κ3) is 19.6. The van der Waals surface area contributed by atoms with E-state index in [2.05, 4.69) is 34.6 Å². The molecule has 1 atom stereocenters. The summed E-state index contributed by atoms with van der Waals surface area (Å²) >= 11 is 0. The van der Waals surface area contributed by atoms with Crippen molar-refractivity contribution in [1.82, 2.24) is 0 Å². The summed E-state index contributed by atoms with van der Waals surface area (Å²) in [6, 6.07) is 0. The molecule has 0 radical (unpaired) electrons. The highest BCUT2D eigenvalue weighted by Gasteiger charge is 2.26. The van der Waals surface area contributed by atoms with Crippen molar-refractivity contribution in [2.75, 3.05) is 0 Å². The fourth-order valence-electron chi connectivity index (χ4n) is 4.62. The van der Waals surface area contributed by atoms with Crippen molar-refractivity contribution in [3.63, 3.8) is 0 Å². The van der Waals surface area contributed by atoms with Gasteiger partial charge in [-0.2, -0.15) is 0 Å². The van der Waals surface area contributed by atoms with Gasteiger partial charge in [0.2, 0.25) is 0 Å². The van der Waals surface area contributed by atoms with Gasteiger partial charge in [-0.15, -0.1) is 0 Å². The molecule has 0 heterocycles. The molecule has 0 aromatic heterocycles. The maximum absolute atomic E-state index is 12.3.